The number of carbonyl (C=O) groups is 2. The standard InChI is InChI=1S/C21H25N3O2/c1-15(25)16-8-10-19(11-9-16)23-20-12-17(13-22-14-20)21(26)24-18-6-4-2-3-5-7-18/h8-14,18,23H,2-7H2,1H3,(H,24,26). The van der Waals surface area contributed by atoms with Crippen LogP contribution >= 0.6 is 0 Å². The number of pyridine rings is 1. The summed E-state index contributed by atoms with van der Waals surface area (Å²) >= 11 is 0. The lowest BCUT2D eigenvalue weighted by Gasteiger charge is -2.16. The number of nitrogens with one attached hydrogen (secondary N) is 2. The molecule has 1 aromatic carbocycles. The first kappa shape index (κ1) is 18.1. The quantitative estimate of drug-likeness (QED) is 0.615. The van der Waals surface area contributed by atoms with Crippen molar-refractivity contribution in [1.29, 1.82) is 0 Å². The van der Waals surface area contributed by atoms with E-state index in [1.54, 1.807) is 37.5 Å². The van der Waals surface area contributed by atoms with E-state index in [1.165, 1.54) is 25.7 Å². The van der Waals surface area contributed by atoms with E-state index in [4.69, 9.17) is 0 Å². The number of hydrogen-bond acceptors (Lipinski definition) is 4. The molecule has 1 aliphatic rings. The predicted octanol–water partition coefficient (Wildman–Crippen LogP) is 4.48. The third-order valence-corrected chi connectivity index (χ3v) is 4.77. The molecular formula is C21H25N3O2. The van der Waals surface area contributed by atoms with E-state index in [1.807, 2.05) is 12.1 Å². The number of rotatable bonds is 5. The number of aromatic nitrogens is 1. The number of hydrogen-bond donors (Lipinski definition) is 2. The van der Waals surface area contributed by atoms with Gasteiger partial charge in [0.25, 0.3) is 5.91 Å². The largest absolute Gasteiger partial charge is 0.354 e. The average molecular weight is 351 g/mol. The summed E-state index contributed by atoms with van der Waals surface area (Å²) in [6.07, 6.45) is 10.3. The number of anilines is 2. The molecule has 0 bridgehead atoms. The Morgan fingerprint density at radius 2 is 1.62 bits per heavy atom. The fraction of sp³-hybridized carbons (Fsp3) is 0.381. The van der Waals surface area contributed by atoms with E-state index in [9.17, 15) is 9.59 Å². The second-order valence-corrected chi connectivity index (χ2v) is 6.88. The highest BCUT2D eigenvalue weighted by atomic mass is 16.1. The molecule has 0 aliphatic heterocycles. The van der Waals surface area contributed by atoms with Gasteiger partial charge >= 0.3 is 0 Å². The normalized spacial score (nSPS) is 15.1. The van der Waals surface area contributed by atoms with Crippen molar-refractivity contribution in [2.24, 2.45) is 0 Å². The van der Waals surface area contributed by atoms with E-state index < -0.39 is 0 Å². The maximum Gasteiger partial charge on any atom is 0.253 e. The summed E-state index contributed by atoms with van der Waals surface area (Å²) in [5.74, 6) is -0.0321. The van der Waals surface area contributed by atoms with Gasteiger partial charge in [0.2, 0.25) is 0 Å². The lowest BCUT2D eigenvalue weighted by molar-refractivity contribution is 0.0932. The van der Waals surface area contributed by atoms with Crippen molar-refractivity contribution >= 4 is 23.1 Å². The first-order valence-corrected chi connectivity index (χ1v) is 9.26. The van der Waals surface area contributed by atoms with Gasteiger partial charge in [-0.05, 0) is 50.1 Å². The van der Waals surface area contributed by atoms with Crippen LogP contribution in [0.3, 0.4) is 0 Å². The van der Waals surface area contributed by atoms with Crippen molar-refractivity contribution in [2.75, 3.05) is 5.32 Å². The zero-order valence-corrected chi connectivity index (χ0v) is 15.1. The Morgan fingerprint density at radius 1 is 0.923 bits per heavy atom. The van der Waals surface area contributed by atoms with E-state index in [2.05, 4.69) is 15.6 Å². The molecule has 0 unspecified atom stereocenters. The molecule has 2 aromatic rings. The SMILES string of the molecule is CC(=O)c1ccc(Nc2cncc(C(=O)NC3CCCCCC3)c2)cc1. The van der Waals surface area contributed by atoms with Gasteiger partial charge in [-0.25, -0.2) is 0 Å². The summed E-state index contributed by atoms with van der Waals surface area (Å²) < 4.78 is 0. The monoisotopic (exact) mass is 351 g/mol. The Morgan fingerprint density at radius 3 is 2.27 bits per heavy atom. The average Bonchev–Trinajstić information content (AvgIpc) is 2.91. The summed E-state index contributed by atoms with van der Waals surface area (Å²) in [7, 11) is 0. The van der Waals surface area contributed by atoms with E-state index in [0.717, 1.165) is 24.2 Å². The molecule has 2 N–H and O–H groups in total. The molecule has 26 heavy (non-hydrogen) atoms. The molecule has 136 valence electrons. The summed E-state index contributed by atoms with van der Waals surface area (Å²) in [5.41, 5.74) is 2.82. The zero-order valence-electron chi connectivity index (χ0n) is 15.1. The van der Waals surface area contributed by atoms with Crippen LogP contribution in [0, 0.1) is 0 Å². The summed E-state index contributed by atoms with van der Waals surface area (Å²) in [5, 5.41) is 6.37. The Balaban J connectivity index is 1.65. The first-order chi connectivity index (χ1) is 12.6. The molecule has 5 nitrogen and oxygen atoms in total. The third-order valence-electron chi connectivity index (χ3n) is 4.77. The van der Waals surface area contributed by atoms with Gasteiger partial charge in [0.15, 0.2) is 5.78 Å². The number of nitrogens with zero attached hydrogens (tertiary/aromatic N) is 1. The maximum atomic E-state index is 12.5. The maximum absolute atomic E-state index is 12.5. The topological polar surface area (TPSA) is 71.1 Å². The highest BCUT2D eigenvalue weighted by Gasteiger charge is 2.16. The van der Waals surface area contributed by atoms with Crippen molar-refractivity contribution < 1.29 is 9.59 Å². The number of benzene rings is 1. The highest BCUT2D eigenvalue weighted by molar-refractivity contribution is 5.95. The van der Waals surface area contributed by atoms with Crippen LogP contribution in [0.25, 0.3) is 0 Å². The second kappa shape index (κ2) is 8.61. The van der Waals surface area contributed by atoms with E-state index >= 15 is 0 Å². The molecule has 0 spiro atoms. The van der Waals surface area contributed by atoms with E-state index in [-0.39, 0.29) is 17.7 Å². The molecule has 0 saturated heterocycles. The minimum Gasteiger partial charge on any atom is -0.354 e. The summed E-state index contributed by atoms with van der Waals surface area (Å²) in [4.78, 5) is 28.1. The number of amides is 1. The molecule has 1 aromatic heterocycles. The van der Waals surface area contributed by atoms with Gasteiger partial charge in [0.1, 0.15) is 0 Å². The molecule has 1 fully saturated rings. The predicted molar refractivity (Wildman–Crippen MR) is 103 cm³/mol. The Labute approximate surface area is 154 Å². The minimum absolute atomic E-state index is 0.0374. The lowest BCUT2D eigenvalue weighted by Crippen LogP contribution is -2.34. The van der Waals surface area contributed by atoms with E-state index in [0.29, 0.717) is 11.1 Å². The van der Waals surface area contributed by atoms with Crippen LogP contribution in [-0.2, 0) is 0 Å². The second-order valence-electron chi connectivity index (χ2n) is 6.88. The molecule has 3 rings (SSSR count). The molecule has 0 radical (unpaired) electrons. The van der Waals surface area contributed by atoms with Crippen LogP contribution in [0.2, 0.25) is 0 Å². The van der Waals surface area contributed by atoms with Crippen LogP contribution in [0.15, 0.2) is 42.7 Å². The smallest absolute Gasteiger partial charge is 0.253 e. The highest BCUT2D eigenvalue weighted by Crippen LogP contribution is 2.20. The van der Waals surface area contributed by atoms with Crippen molar-refractivity contribution in [3.05, 3.63) is 53.9 Å². The van der Waals surface area contributed by atoms with Crippen LogP contribution in [0.5, 0.6) is 0 Å². The molecule has 0 atom stereocenters. The first-order valence-electron chi connectivity index (χ1n) is 9.26. The Kier molecular flexibility index (Phi) is 6.00. The number of ketones is 1. The Hall–Kier alpha value is -2.69. The van der Waals surface area contributed by atoms with Gasteiger partial charge in [-0.3, -0.25) is 14.6 Å². The van der Waals surface area contributed by atoms with Crippen molar-refractivity contribution in [2.45, 2.75) is 51.5 Å². The molecule has 1 amide bonds. The number of Topliss-reactive ketones (excluding diaryl/α,β-unsaturated/α-hetero) is 1. The number of carbonyl (C=O) groups excluding carboxylic acids is 2. The van der Waals surface area contributed by atoms with Crippen LogP contribution in [0.1, 0.15) is 66.2 Å². The summed E-state index contributed by atoms with van der Waals surface area (Å²) in [6.45, 7) is 1.54. The van der Waals surface area contributed by atoms with Crippen molar-refractivity contribution in [3.8, 4) is 0 Å². The van der Waals surface area contributed by atoms with Crippen molar-refractivity contribution in [3.63, 3.8) is 0 Å². The van der Waals surface area contributed by atoms with Gasteiger partial charge < -0.3 is 10.6 Å². The minimum atomic E-state index is -0.0695. The van der Waals surface area contributed by atoms with Gasteiger partial charge in [-0.1, -0.05) is 25.7 Å². The Bertz CT molecular complexity index is 763. The molecule has 1 heterocycles. The van der Waals surface area contributed by atoms with Crippen LogP contribution < -0.4 is 10.6 Å². The van der Waals surface area contributed by atoms with Gasteiger partial charge in [-0.15, -0.1) is 0 Å². The third kappa shape index (κ3) is 4.91. The molecule has 1 saturated carbocycles. The van der Waals surface area contributed by atoms with Crippen molar-refractivity contribution in [1.82, 2.24) is 10.3 Å². The van der Waals surface area contributed by atoms with Crippen LogP contribution in [-0.4, -0.2) is 22.7 Å². The van der Waals surface area contributed by atoms with Gasteiger partial charge in [0.05, 0.1) is 17.4 Å². The zero-order chi connectivity index (χ0) is 18.4. The fourth-order valence-electron chi connectivity index (χ4n) is 3.28. The lowest BCUT2D eigenvalue weighted by atomic mass is 10.1. The molecule has 1 aliphatic carbocycles. The summed E-state index contributed by atoms with van der Waals surface area (Å²) in [6, 6.07) is 9.31. The molecular weight excluding hydrogens is 326 g/mol. The van der Waals surface area contributed by atoms with Gasteiger partial charge in [-0.2, -0.15) is 0 Å². The van der Waals surface area contributed by atoms with Crippen LogP contribution in [0.4, 0.5) is 11.4 Å². The fourth-order valence-corrected chi connectivity index (χ4v) is 3.28. The van der Waals surface area contributed by atoms with Gasteiger partial charge in [0, 0.05) is 23.5 Å². The molecule has 5 heteroatoms.